The van der Waals surface area contributed by atoms with E-state index in [0.29, 0.717) is 67.3 Å². The summed E-state index contributed by atoms with van der Waals surface area (Å²) in [4.78, 5) is 7.17. The molecule has 10 rings (SSSR count). The van der Waals surface area contributed by atoms with Gasteiger partial charge in [0.1, 0.15) is 0 Å². The SMILES string of the molecule is [C-]#[N+]c1cc(C#N)cc(-c2ccc3c(c2)c2ccccc2n3-c2cc(C#N)cc(-n3c4ccccc4c4cc(-c5cc(C#N)cc([N+]#[C-])c5)ccc43)c2-c2ccc(C(F)(F)F)cc2C)c1. The molecule has 2 heterocycles. The molecule has 7 nitrogen and oxygen atoms in total. The van der Waals surface area contributed by atoms with Crippen LogP contribution < -0.4 is 0 Å². The van der Waals surface area contributed by atoms with Crippen LogP contribution in [-0.4, -0.2) is 9.13 Å². The Morgan fingerprint density at radius 3 is 1.35 bits per heavy atom. The van der Waals surface area contributed by atoms with Gasteiger partial charge in [0.25, 0.3) is 0 Å². The van der Waals surface area contributed by atoms with E-state index in [0.717, 1.165) is 66.9 Å². The molecule has 0 saturated carbocycles. The van der Waals surface area contributed by atoms with Gasteiger partial charge < -0.3 is 9.13 Å². The van der Waals surface area contributed by atoms with Crippen LogP contribution >= 0.6 is 0 Å². The number of rotatable bonds is 5. The molecular formula is C55H28F3N7. The molecule has 0 N–H and O–H groups in total. The largest absolute Gasteiger partial charge is 0.416 e. The molecule has 0 aliphatic carbocycles. The van der Waals surface area contributed by atoms with Crippen molar-refractivity contribution in [2.45, 2.75) is 13.1 Å². The number of para-hydroxylation sites is 2. The van der Waals surface area contributed by atoms with Crippen molar-refractivity contribution in [1.82, 2.24) is 9.13 Å². The van der Waals surface area contributed by atoms with Crippen LogP contribution in [0.3, 0.4) is 0 Å². The normalized spacial score (nSPS) is 11.3. The summed E-state index contributed by atoms with van der Waals surface area (Å²) in [5.41, 5.74) is 9.56. The standard InChI is InChI=1S/C55H28F3N7/c1-32-18-40(55(56,57)58)14-15-43(32)54-52(64-48-10-6-4-8-44(48)46-27-36(12-16-50(46)64)38-19-33(29-59)21-41(25-38)62-2)23-35(31-61)24-53(54)65-49-11-7-5-9-45(49)47-28-37(13-17-51(47)65)39-20-34(30-60)22-42(26-39)63-3/h4-28H,1H3. The lowest BCUT2D eigenvalue weighted by atomic mass is 9.93. The van der Waals surface area contributed by atoms with Crippen molar-refractivity contribution in [1.29, 1.82) is 15.8 Å². The molecule has 0 spiro atoms. The minimum absolute atomic E-state index is 0.313. The monoisotopic (exact) mass is 843 g/mol. The first kappa shape index (κ1) is 39.7. The third kappa shape index (κ3) is 6.57. The summed E-state index contributed by atoms with van der Waals surface area (Å²) in [5.74, 6) is 0. The summed E-state index contributed by atoms with van der Waals surface area (Å²) < 4.78 is 46.9. The summed E-state index contributed by atoms with van der Waals surface area (Å²) in [6.45, 7) is 16.9. The molecule has 0 amide bonds. The van der Waals surface area contributed by atoms with E-state index in [1.807, 2.05) is 94.1 Å². The number of fused-ring (bicyclic) bond motifs is 6. The van der Waals surface area contributed by atoms with Crippen LogP contribution in [0.1, 0.15) is 27.8 Å². The molecule has 2 aromatic heterocycles. The summed E-state index contributed by atoms with van der Waals surface area (Å²) in [6.07, 6.45) is -4.58. The van der Waals surface area contributed by atoms with E-state index in [1.54, 1.807) is 55.5 Å². The number of hydrogen-bond donors (Lipinski definition) is 0. The van der Waals surface area contributed by atoms with E-state index in [2.05, 4.69) is 27.9 Å². The second-order valence-corrected chi connectivity index (χ2v) is 15.7. The molecule has 0 aliphatic heterocycles. The smallest absolute Gasteiger partial charge is 0.308 e. The molecule has 0 saturated heterocycles. The first-order valence-electron chi connectivity index (χ1n) is 20.2. The maximum atomic E-state index is 14.3. The lowest BCUT2D eigenvalue weighted by Gasteiger charge is -2.22. The van der Waals surface area contributed by atoms with Gasteiger partial charge in [-0.1, -0.05) is 54.6 Å². The van der Waals surface area contributed by atoms with Gasteiger partial charge in [0, 0.05) is 38.2 Å². The zero-order chi connectivity index (χ0) is 45.1. The number of nitrogens with zero attached hydrogens (tertiary/aromatic N) is 7. The Labute approximate surface area is 370 Å². The van der Waals surface area contributed by atoms with Crippen LogP contribution in [0.4, 0.5) is 24.5 Å². The van der Waals surface area contributed by atoms with Crippen molar-refractivity contribution in [3.8, 4) is 63.0 Å². The van der Waals surface area contributed by atoms with E-state index in [4.69, 9.17) is 13.1 Å². The van der Waals surface area contributed by atoms with Gasteiger partial charge in [0.05, 0.1) is 75.9 Å². The fourth-order valence-corrected chi connectivity index (χ4v) is 9.06. The molecule has 8 aromatic carbocycles. The van der Waals surface area contributed by atoms with E-state index in [1.165, 1.54) is 6.07 Å². The Hall–Kier alpha value is -9.40. The summed E-state index contributed by atoms with van der Waals surface area (Å²) in [6, 6.07) is 51.3. The zero-order valence-corrected chi connectivity index (χ0v) is 34.2. The predicted molar refractivity (Wildman–Crippen MR) is 248 cm³/mol. The van der Waals surface area contributed by atoms with Crippen LogP contribution in [0.25, 0.3) is 98.1 Å². The van der Waals surface area contributed by atoms with Crippen molar-refractivity contribution in [3.63, 3.8) is 0 Å². The average Bonchev–Trinajstić information content (AvgIpc) is 3.85. The van der Waals surface area contributed by atoms with Gasteiger partial charge in [-0.05, 0) is 137 Å². The Bertz CT molecular complexity index is 3630. The zero-order valence-electron chi connectivity index (χ0n) is 34.2. The Balaban J connectivity index is 1.31. The molecule has 0 radical (unpaired) electrons. The first-order chi connectivity index (χ1) is 31.5. The molecule has 65 heavy (non-hydrogen) atoms. The van der Waals surface area contributed by atoms with Gasteiger partial charge in [-0.15, -0.1) is 0 Å². The fraction of sp³-hybridized carbons (Fsp3) is 0.0364. The number of halogens is 3. The van der Waals surface area contributed by atoms with Crippen molar-refractivity contribution >= 4 is 55.0 Å². The van der Waals surface area contributed by atoms with Gasteiger partial charge in [-0.2, -0.15) is 29.0 Å². The molecule has 0 unspecified atom stereocenters. The Morgan fingerprint density at radius 2 is 0.923 bits per heavy atom. The second-order valence-electron chi connectivity index (χ2n) is 15.7. The van der Waals surface area contributed by atoms with E-state index < -0.39 is 11.7 Å². The molecule has 0 bridgehead atoms. The number of nitriles is 3. The number of benzene rings is 8. The number of alkyl halides is 3. The van der Waals surface area contributed by atoms with Gasteiger partial charge in [-0.25, -0.2) is 9.69 Å². The van der Waals surface area contributed by atoms with Crippen molar-refractivity contribution in [2.75, 3.05) is 0 Å². The maximum Gasteiger partial charge on any atom is 0.416 e. The highest BCUT2D eigenvalue weighted by atomic mass is 19.4. The van der Waals surface area contributed by atoms with Gasteiger partial charge in [0.15, 0.2) is 11.4 Å². The van der Waals surface area contributed by atoms with Gasteiger partial charge in [-0.3, -0.25) is 0 Å². The molecule has 10 heteroatoms. The third-order valence-electron chi connectivity index (χ3n) is 11.9. The van der Waals surface area contributed by atoms with E-state index >= 15 is 0 Å². The molecule has 304 valence electrons. The lowest BCUT2D eigenvalue weighted by Crippen LogP contribution is -2.08. The number of aryl methyl sites for hydroxylation is 1. The van der Waals surface area contributed by atoms with Crippen LogP contribution in [0, 0.1) is 54.1 Å². The van der Waals surface area contributed by atoms with E-state index in [9.17, 15) is 29.0 Å². The topological polar surface area (TPSA) is 90.0 Å². The first-order valence-corrected chi connectivity index (χ1v) is 20.2. The Kier molecular flexibility index (Phi) is 9.29. The minimum atomic E-state index is -4.58. The maximum absolute atomic E-state index is 14.3. The molecular weight excluding hydrogens is 816 g/mol. The van der Waals surface area contributed by atoms with Crippen molar-refractivity contribution < 1.29 is 13.2 Å². The van der Waals surface area contributed by atoms with Crippen LogP contribution in [0.15, 0.2) is 152 Å². The lowest BCUT2D eigenvalue weighted by molar-refractivity contribution is -0.137. The third-order valence-corrected chi connectivity index (χ3v) is 11.9. The molecule has 0 fully saturated rings. The quantitative estimate of drug-likeness (QED) is 0.162. The van der Waals surface area contributed by atoms with Crippen LogP contribution in [0.5, 0.6) is 0 Å². The van der Waals surface area contributed by atoms with Crippen LogP contribution in [0.2, 0.25) is 0 Å². The second kappa shape index (κ2) is 15.2. The Morgan fingerprint density at radius 1 is 0.477 bits per heavy atom. The molecule has 10 aromatic rings. The summed E-state index contributed by atoms with van der Waals surface area (Å²) in [5, 5.41) is 33.7. The summed E-state index contributed by atoms with van der Waals surface area (Å²) >= 11 is 0. The summed E-state index contributed by atoms with van der Waals surface area (Å²) in [7, 11) is 0. The van der Waals surface area contributed by atoms with E-state index in [-0.39, 0.29) is 0 Å². The minimum Gasteiger partial charge on any atom is -0.308 e. The predicted octanol–water partition coefficient (Wildman–Crippen LogP) is 14.9. The van der Waals surface area contributed by atoms with Gasteiger partial charge >= 0.3 is 6.18 Å². The van der Waals surface area contributed by atoms with Crippen LogP contribution in [-0.2, 0) is 6.18 Å². The molecule has 0 aliphatic rings. The fourth-order valence-electron chi connectivity index (χ4n) is 9.06. The highest BCUT2D eigenvalue weighted by Gasteiger charge is 2.32. The molecule has 0 atom stereocenters. The van der Waals surface area contributed by atoms with Gasteiger partial charge in [0.2, 0.25) is 0 Å². The average molecular weight is 844 g/mol. The number of aromatic nitrogens is 2. The number of hydrogen-bond acceptors (Lipinski definition) is 3. The van der Waals surface area contributed by atoms with Crippen molar-refractivity contribution in [2.24, 2.45) is 0 Å². The highest BCUT2D eigenvalue weighted by molar-refractivity contribution is 6.13. The highest BCUT2D eigenvalue weighted by Crippen LogP contribution is 2.46. The van der Waals surface area contributed by atoms with Crippen molar-refractivity contribution in [3.05, 3.63) is 202 Å².